The van der Waals surface area contributed by atoms with Crippen molar-refractivity contribution in [1.82, 2.24) is 0 Å². The monoisotopic (exact) mass is 299 g/mol. The van der Waals surface area contributed by atoms with Gasteiger partial charge in [-0.15, -0.1) is 0 Å². The average molecular weight is 299 g/mol. The molecule has 4 rings (SSSR count). The lowest BCUT2D eigenvalue weighted by Crippen LogP contribution is -2.23. The Bertz CT molecular complexity index is 642. The lowest BCUT2D eigenvalue weighted by Gasteiger charge is -2.20. The third-order valence-corrected chi connectivity index (χ3v) is 4.93. The summed E-state index contributed by atoms with van der Waals surface area (Å²) in [5.41, 5.74) is 3.72. The molecule has 0 N–H and O–H groups in total. The minimum absolute atomic E-state index is 0.262. The minimum Gasteiger partial charge on any atom is -0.497 e. The van der Waals surface area contributed by atoms with Crippen LogP contribution in [0.4, 0.5) is 5.69 Å². The van der Waals surface area contributed by atoms with Crippen molar-refractivity contribution in [2.75, 3.05) is 25.1 Å². The maximum absolute atomic E-state index is 11.7. The molecule has 0 bridgehead atoms. The largest absolute Gasteiger partial charge is 0.497 e. The Morgan fingerprint density at radius 1 is 1.00 bits per heavy atom. The molecule has 0 saturated carbocycles. The maximum atomic E-state index is 11.7. The summed E-state index contributed by atoms with van der Waals surface area (Å²) in [4.78, 5) is 25.8. The van der Waals surface area contributed by atoms with Crippen LogP contribution >= 0.6 is 0 Å². The van der Waals surface area contributed by atoms with Gasteiger partial charge >= 0.3 is 11.9 Å². The second-order valence-corrected chi connectivity index (χ2v) is 6.12. The van der Waals surface area contributed by atoms with E-state index in [2.05, 4.69) is 4.90 Å². The van der Waals surface area contributed by atoms with Crippen LogP contribution in [0, 0.1) is 11.8 Å². The fraction of sp³-hybridized carbons (Fsp3) is 0.412. The molecule has 5 nitrogen and oxygen atoms in total. The topological polar surface area (TPSA) is 55.8 Å². The van der Waals surface area contributed by atoms with E-state index in [0.717, 1.165) is 24.5 Å². The molecule has 114 valence electrons. The number of carbonyl (C=O) groups is 2. The molecule has 22 heavy (non-hydrogen) atoms. The molecular formula is C17H17NO4. The van der Waals surface area contributed by atoms with Crippen molar-refractivity contribution < 1.29 is 19.1 Å². The van der Waals surface area contributed by atoms with Crippen molar-refractivity contribution in [3.05, 3.63) is 35.4 Å². The Labute approximate surface area is 128 Å². The summed E-state index contributed by atoms with van der Waals surface area (Å²) in [6.45, 7) is 1.65. The van der Waals surface area contributed by atoms with Gasteiger partial charge in [0.15, 0.2) is 0 Å². The number of anilines is 1. The molecule has 0 spiro atoms. The highest BCUT2D eigenvalue weighted by molar-refractivity contribution is 5.97. The minimum atomic E-state index is -0.343. The molecule has 2 aliphatic heterocycles. The predicted molar refractivity (Wildman–Crippen MR) is 79.5 cm³/mol. The van der Waals surface area contributed by atoms with E-state index in [-0.39, 0.29) is 23.8 Å². The number of ether oxygens (including phenoxy) is 2. The van der Waals surface area contributed by atoms with Gasteiger partial charge in [0, 0.05) is 18.8 Å². The lowest BCUT2D eigenvalue weighted by atomic mass is 9.78. The molecule has 2 heterocycles. The molecule has 0 aromatic heterocycles. The zero-order valence-electron chi connectivity index (χ0n) is 12.4. The van der Waals surface area contributed by atoms with Crippen molar-refractivity contribution in [2.24, 2.45) is 11.8 Å². The molecular weight excluding hydrogens is 282 g/mol. The van der Waals surface area contributed by atoms with Gasteiger partial charge in [-0.25, -0.2) is 0 Å². The first-order valence-electron chi connectivity index (χ1n) is 7.50. The van der Waals surface area contributed by atoms with Crippen LogP contribution in [0.1, 0.15) is 12.8 Å². The third kappa shape index (κ3) is 2.00. The summed E-state index contributed by atoms with van der Waals surface area (Å²) in [6.07, 6.45) is 1.33. The standard InChI is InChI=1S/C17H17NO4/c1-21-13-4-2-12(3-5-13)18-8-10-6-14-15(7-11(10)9-18)17(20)22-16(14)19/h2-5,14-15H,6-9H2,1H3. The van der Waals surface area contributed by atoms with Gasteiger partial charge in [-0.1, -0.05) is 0 Å². The normalized spacial score (nSPS) is 26.9. The molecule has 1 aromatic carbocycles. The zero-order chi connectivity index (χ0) is 15.3. The van der Waals surface area contributed by atoms with Crippen LogP contribution in [0.15, 0.2) is 35.4 Å². The van der Waals surface area contributed by atoms with Crippen LogP contribution in [0.25, 0.3) is 0 Å². The molecule has 0 radical (unpaired) electrons. The molecule has 1 aromatic rings. The van der Waals surface area contributed by atoms with Crippen LogP contribution in [-0.4, -0.2) is 32.1 Å². The number of hydrogen-bond acceptors (Lipinski definition) is 5. The highest BCUT2D eigenvalue weighted by Crippen LogP contribution is 2.43. The average Bonchev–Trinajstić information content (AvgIpc) is 3.07. The fourth-order valence-corrected chi connectivity index (χ4v) is 3.69. The van der Waals surface area contributed by atoms with E-state index >= 15 is 0 Å². The Morgan fingerprint density at radius 3 is 2.05 bits per heavy atom. The van der Waals surface area contributed by atoms with Crippen molar-refractivity contribution >= 4 is 17.6 Å². The number of benzene rings is 1. The Hall–Kier alpha value is -2.30. The third-order valence-electron chi connectivity index (χ3n) is 4.93. The Balaban J connectivity index is 1.52. The SMILES string of the molecule is COc1ccc(N2CC3=C(CC4C(=O)OC(=O)C4C3)C2)cc1. The molecule has 5 heteroatoms. The smallest absolute Gasteiger partial charge is 0.317 e. The van der Waals surface area contributed by atoms with Crippen molar-refractivity contribution in [3.8, 4) is 5.75 Å². The van der Waals surface area contributed by atoms with Gasteiger partial charge in [-0.2, -0.15) is 0 Å². The Morgan fingerprint density at radius 2 is 1.55 bits per heavy atom. The highest BCUT2D eigenvalue weighted by atomic mass is 16.6. The van der Waals surface area contributed by atoms with E-state index in [1.54, 1.807) is 7.11 Å². The van der Waals surface area contributed by atoms with Crippen molar-refractivity contribution in [3.63, 3.8) is 0 Å². The Kier molecular flexibility index (Phi) is 2.96. The predicted octanol–water partition coefficient (Wildman–Crippen LogP) is 1.92. The van der Waals surface area contributed by atoms with Crippen LogP contribution in [0.2, 0.25) is 0 Å². The molecule has 1 fully saturated rings. The van der Waals surface area contributed by atoms with E-state index in [4.69, 9.17) is 9.47 Å². The molecule has 2 unspecified atom stereocenters. The van der Waals surface area contributed by atoms with Crippen LogP contribution in [0.5, 0.6) is 5.75 Å². The molecule has 2 atom stereocenters. The van der Waals surface area contributed by atoms with Gasteiger partial charge in [0.05, 0.1) is 18.9 Å². The summed E-state index contributed by atoms with van der Waals surface area (Å²) in [7, 11) is 1.65. The summed E-state index contributed by atoms with van der Waals surface area (Å²) < 4.78 is 9.96. The molecule has 3 aliphatic rings. The van der Waals surface area contributed by atoms with Gasteiger partial charge in [-0.05, 0) is 48.3 Å². The van der Waals surface area contributed by atoms with Gasteiger partial charge in [-0.3, -0.25) is 9.59 Å². The first-order chi connectivity index (χ1) is 10.7. The lowest BCUT2D eigenvalue weighted by molar-refractivity contribution is -0.153. The fourth-order valence-electron chi connectivity index (χ4n) is 3.69. The van der Waals surface area contributed by atoms with E-state index in [1.807, 2.05) is 24.3 Å². The van der Waals surface area contributed by atoms with Crippen molar-refractivity contribution in [1.29, 1.82) is 0 Å². The number of methoxy groups -OCH3 is 1. The molecule has 1 aliphatic carbocycles. The first-order valence-corrected chi connectivity index (χ1v) is 7.50. The number of cyclic esters (lactones) is 2. The van der Waals surface area contributed by atoms with Gasteiger partial charge < -0.3 is 14.4 Å². The van der Waals surface area contributed by atoms with E-state index in [1.165, 1.54) is 11.1 Å². The van der Waals surface area contributed by atoms with Gasteiger partial charge in [0.2, 0.25) is 0 Å². The van der Waals surface area contributed by atoms with Crippen molar-refractivity contribution in [2.45, 2.75) is 12.8 Å². The number of nitrogens with zero attached hydrogens (tertiary/aromatic N) is 1. The van der Waals surface area contributed by atoms with E-state index in [0.29, 0.717) is 12.8 Å². The second kappa shape index (κ2) is 4.87. The number of fused-ring (bicyclic) bond motifs is 1. The quantitative estimate of drug-likeness (QED) is 0.474. The molecule has 0 amide bonds. The van der Waals surface area contributed by atoms with E-state index < -0.39 is 0 Å². The van der Waals surface area contributed by atoms with Gasteiger partial charge in [0.25, 0.3) is 0 Å². The summed E-state index contributed by atoms with van der Waals surface area (Å²) >= 11 is 0. The van der Waals surface area contributed by atoms with Crippen LogP contribution < -0.4 is 9.64 Å². The maximum Gasteiger partial charge on any atom is 0.317 e. The molecule has 1 saturated heterocycles. The number of hydrogen-bond donors (Lipinski definition) is 0. The number of carbonyl (C=O) groups excluding carboxylic acids is 2. The second-order valence-electron chi connectivity index (χ2n) is 6.12. The summed E-state index contributed by atoms with van der Waals surface area (Å²) in [5, 5.41) is 0. The van der Waals surface area contributed by atoms with Gasteiger partial charge in [0.1, 0.15) is 5.75 Å². The first kappa shape index (κ1) is 13.4. The van der Waals surface area contributed by atoms with Crippen LogP contribution in [0.3, 0.4) is 0 Å². The number of esters is 2. The van der Waals surface area contributed by atoms with E-state index in [9.17, 15) is 9.59 Å². The van der Waals surface area contributed by atoms with Crippen LogP contribution in [-0.2, 0) is 14.3 Å². The highest BCUT2D eigenvalue weighted by Gasteiger charge is 2.48. The zero-order valence-corrected chi connectivity index (χ0v) is 12.4. The number of rotatable bonds is 2. The summed E-state index contributed by atoms with van der Waals surface area (Å²) in [6, 6.07) is 7.97. The summed E-state index contributed by atoms with van der Waals surface area (Å²) in [5.74, 6) is -0.374.